The van der Waals surface area contributed by atoms with Crippen LogP contribution in [0.1, 0.15) is 34.2 Å². The average Bonchev–Trinajstić information content (AvgIpc) is 2.65. The first kappa shape index (κ1) is 12.6. The highest BCUT2D eigenvalue weighted by molar-refractivity contribution is 5.81. The molecule has 0 N–H and O–H groups in total. The topological polar surface area (TPSA) is 34.9 Å². The highest BCUT2D eigenvalue weighted by Gasteiger charge is 2.14. The summed E-state index contributed by atoms with van der Waals surface area (Å²) in [7, 11) is 0. The smallest absolute Gasteiger partial charge is 0.150 e. The Morgan fingerprint density at radius 3 is 2.56 bits per heavy atom. The quantitative estimate of drug-likeness (QED) is 0.774. The van der Waals surface area contributed by atoms with Crippen molar-refractivity contribution in [2.45, 2.75) is 34.2 Å². The molecule has 0 atom stereocenters. The van der Waals surface area contributed by atoms with Crippen molar-refractivity contribution >= 4 is 6.29 Å². The van der Waals surface area contributed by atoms with E-state index in [0.717, 1.165) is 35.3 Å². The van der Waals surface area contributed by atoms with Gasteiger partial charge in [-0.3, -0.25) is 9.48 Å². The molecule has 0 amide bonds. The Morgan fingerprint density at radius 1 is 1.28 bits per heavy atom. The number of aromatic nitrogens is 2. The number of aryl methyl sites for hydroxylation is 3. The number of benzene rings is 1. The number of nitrogens with zero attached hydrogens (tertiary/aromatic N) is 2. The summed E-state index contributed by atoms with van der Waals surface area (Å²) in [4.78, 5) is 10.9. The van der Waals surface area contributed by atoms with Gasteiger partial charge in [-0.2, -0.15) is 5.10 Å². The predicted octanol–water partition coefficient (Wildman–Crippen LogP) is 3.31. The van der Waals surface area contributed by atoms with Crippen molar-refractivity contribution in [2.75, 3.05) is 0 Å². The van der Waals surface area contributed by atoms with Crippen LogP contribution >= 0.6 is 0 Å². The van der Waals surface area contributed by atoms with Gasteiger partial charge in [-0.15, -0.1) is 0 Å². The van der Waals surface area contributed by atoms with Gasteiger partial charge in [0.2, 0.25) is 0 Å². The fourth-order valence-electron chi connectivity index (χ4n) is 2.38. The Morgan fingerprint density at radius 2 is 2.00 bits per heavy atom. The van der Waals surface area contributed by atoms with E-state index in [0.29, 0.717) is 5.56 Å². The lowest BCUT2D eigenvalue weighted by Gasteiger charge is -2.08. The zero-order valence-electron chi connectivity index (χ0n) is 11.3. The van der Waals surface area contributed by atoms with Crippen molar-refractivity contribution in [1.82, 2.24) is 9.78 Å². The summed E-state index contributed by atoms with van der Waals surface area (Å²) >= 11 is 0. The van der Waals surface area contributed by atoms with E-state index in [1.807, 2.05) is 29.8 Å². The molecule has 1 aromatic carbocycles. The normalized spacial score (nSPS) is 10.7. The van der Waals surface area contributed by atoms with Crippen molar-refractivity contribution in [3.8, 4) is 11.1 Å². The molecular formula is C15H18N2O. The standard InChI is InChI=1S/C15H18N2O/c1-5-17-12(4)15(11(3)16-17)14-8-13(9-18)7-6-10(14)2/h6-9H,5H2,1-4H3. The molecule has 0 saturated carbocycles. The average molecular weight is 242 g/mol. The maximum Gasteiger partial charge on any atom is 0.150 e. The lowest BCUT2D eigenvalue weighted by molar-refractivity contribution is 0.112. The van der Waals surface area contributed by atoms with Gasteiger partial charge in [0.1, 0.15) is 6.29 Å². The van der Waals surface area contributed by atoms with Gasteiger partial charge < -0.3 is 0 Å². The highest BCUT2D eigenvalue weighted by atomic mass is 16.1. The van der Waals surface area contributed by atoms with Gasteiger partial charge in [-0.25, -0.2) is 0 Å². The second-order valence-electron chi connectivity index (χ2n) is 4.55. The van der Waals surface area contributed by atoms with Crippen LogP contribution in [-0.2, 0) is 6.54 Å². The Balaban J connectivity index is 2.68. The van der Waals surface area contributed by atoms with Crippen LogP contribution in [-0.4, -0.2) is 16.1 Å². The molecule has 0 fully saturated rings. The van der Waals surface area contributed by atoms with Crippen LogP contribution in [0.3, 0.4) is 0 Å². The van der Waals surface area contributed by atoms with Crippen LogP contribution in [0.25, 0.3) is 11.1 Å². The molecule has 18 heavy (non-hydrogen) atoms. The Bertz CT molecular complexity index is 597. The van der Waals surface area contributed by atoms with Gasteiger partial charge in [0, 0.05) is 23.4 Å². The van der Waals surface area contributed by atoms with Crippen molar-refractivity contribution in [3.05, 3.63) is 40.7 Å². The van der Waals surface area contributed by atoms with Crippen molar-refractivity contribution < 1.29 is 4.79 Å². The molecule has 1 aromatic heterocycles. The lowest BCUT2D eigenvalue weighted by Crippen LogP contribution is -1.98. The van der Waals surface area contributed by atoms with Crippen LogP contribution < -0.4 is 0 Å². The monoisotopic (exact) mass is 242 g/mol. The van der Waals surface area contributed by atoms with E-state index in [9.17, 15) is 4.79 Å². The van der Waals surface area contributed by atoms with E-state index in [-0.39, 0.29) is 0 Å². The molecule has 0 spiro atoms. The maximum atomic E-state index is 10.9. The molecule has 0 unspecified atom stereocenters. The molecule has 2 rings (SSSR count). The number of carbonyl (C=O) groups is 1. The summed E-state index contributed by atoms with van der Waals surface area (Å²) < 4.78 is 2.00. The zero-order valence-corrected chi connectivity index (χ0v) is 11.3. The second kappa shape index (κ2) is 4.77. The third-order valence-corrected chi connectivity index (χ3v) is 3.35. The fraction of sp³-hybridized carbons (Fsp3) is 0.333. The number of rotatable bonds is 3. The van der Waals surface area contributed by atoms with Gasteiger partial charge in [0.05, 0.1) is 5.69 Å². The van der Waals surface area contributed by atoms with Crippen LogP contribution in [0.2, 0.25) is 0 Å². The van der Waals surface area contributed by atoms with Crippen molar-refractivity contribution in [1.29, 1.82) is 0 Å². The molecule has 3 heteroatoms. The van der Waals surface area contributed by atoms with E-state index < -0.39 is 0 Å². The summed E-state index contributed by atoms with van der Waals surface area (Å²) in [6.45, 7) is 9.09. The molecule has 94 valence electrons. The van der Waals surface area contributed by atoms with Crippen LogP contribution in [0.4, 0.5) is 0 Å². The molecule has 0 bridgehead atoms. The number of hydrogen-bond donors (Lipinski definition) is 0. The van der Waals surface area contributed by atoms with Crippen LogP contribution in [0.15, 0.2) is 18.2 Å². The summed E-state index contributed by atoms with van der Waals surface area (Å²) in [6.07, 6.45) is 0.887. The summed E-state index contributed by atoms with van der Waals surface area (Å²) in [5.41, 5.74) is 6.30. The van der Waals surface area contributed by atoms with Crippen molar-refractivity contribution in [2.24, 2.45) is 0 Å². The number of carbonyl (C=O) groups excluding carboxylic acids is 1. The number of hydrogen-bond acceptors (Lipinski definition) is 2. The Labute approximate surface area is 107 Å². The minimum atomic E-state index is 0.707. The first-order valence-corrected chi connectivity index (χ1v) is 6.18. The minimum Gasteiger partial charge on any atom is -0.298 e. The minimum absolute atomic E-state index is 0.707. The van der Waals surface area contributed by atoms with E-state index in [4.69, 9.17) is 0 Å². The molecular weight excluding hydrogens is 224 g/mol. The molecule has 0 aliphatic heterocycles. The zero-order chi connectivity index (χ0) is 13.3. The first-order chi connectivity index (χ1) is 8.58. The van der Waals surface area contributed by atoms with Crippen LogP contribution in [0.5, 0.6) is 0 Å². The Kier molecular flexibility index (Phi) is 3.32. The third-order valence-electron chi connectivity index (χ3n) is 3.35. The lowest BCUT2D eigenvalue weighted by atomic mass is 9.97. The number of aldehydes is 1. The molecule has 2 aromatic rings. The summed E-state index contributed by atoms with van der Waals surface area (Å²) in [5.74, 6) is 0. The SMILES string of the molecule is CCn1nc(C)c(-c2cc(C=O)ccc2C)c1C. The third kappa shape index (κ3) is 1.96. The van der Waals surface area contributed by atoms with Crippen LogP contribution in [0, 0.1) is 20.8 Å². The Hall–Kier alpha value is -1.90. The molecule has 1 heterocycles. The van der Waals surface area contributed by atoms with E-state index in [2.05, 4.69) is 25.9 Å². The van der Waals surface area contributed by atoms with Gasteiger partial charge in [-0.05, 0) is 44.9 Å². The van der Waals surface area contributed by atoms with Gasteiger partial charge in [0.15, 0.2) is 0 Å². The van der Waals surface area contributed by atoms with Gasteiger partial charge >= 0.3 is 0 Å². The highest BCUT2D eigenvalue weighted by Crippen LogP contribution is 2.30. The van der Waals surface area contributed by atoms with E-state index in [1.54, 1.807) is 0 Å². The molecule has 0 saturated heterocycles. The predicted molar refractivity (Wildman–Crippen MR) is 72.9 cm³/mol. The van der Waals surface area contributed by atoms with E-state index >= 15 is 0 Å². The molecule has 0 radical (unpaired) electrons. The maximum absolute atomic E-state index is 10.9. The molecule has 3 nitrogen and oxygen atoms in total. The van der Waals surface area contributed by atoms with Gasteiger partial charge in [-0.1, -0.05) is 12.1 Å². The summed E-state index contributed by atoms with van der Waals surface area (Å²) in [5, 5.41) is 4.53. The first-order valence-electron chi connectivity index (χ1n) is 6.18. The fourth-order valence-corrected chi connectivity index (χ4v) is 2.38. The molecule has 0 aliphatic rings. The molecule has 0 aliphatic carbocycles. The van der Waals surface area contributed by atoms with Crippen molar-refractivity contribution in [3.63, 3.8) is 0 Å². The largest absolute Gasteiger partial charge is 0.298 e. The second-order valence-corrected chi connectivity index (χ2v) is 4.55. The van der Waals surface area contributed by atoms with Gasteiger partial charge in [0.25, 0.3) is 0 Å². The summed E-state index contributed by atoms with van der Waals surface area (Å²) in [6, 6.07) is 5.78. The van der Waals surface area contributed by atoms with E-state index in [1.165, 1.54) is 5.56 Å².